The maximum atomic E-state index is 10.9. The summed E-state index contributed by atoms with van der Waals surface area (Å²) in [5.74, 6) is -0.160. The third-order valence-electron chi connectivity index (χ3n) is 2.24. The van der Waals surface area contributed by atoms with Gasteiger partial charge in [-0.25, -0.2) is 0 Å². The Bertz CT molecular complexity index is 321. The lowest BCUT2D eigenvalue weighted by Crippen LogP contribution is -2.17. The smallest absolute Gasteiger partial charge is 0.243 e. The maximum absolute atomic E-state index is 10.9. The summed E-state index contributed by atoms with van der Waals surface area (Å²) in [6.45, 7) is 5.38. The van der Waals surface area contributed by atoms with Crippen molar-refractivity contribution in [3.63, 3.8) is 0 Å². The molecule has 0 heterocycles. The molecule has 0 N–H and O–H groups in total. The molecule has 0 radical (unpaired) electrons. The predicted octanol–water partition coefficient (Wildman–Crippen LogP) is 2.83. The summed E-state index contributed by atoms with van der Waals surface area (Å²) in [6, 6.07) is 8.32. The van der Waals surface area contributed by atoms with Gasteiger partial charge in [0, 0.05) is 16.4 Å². The number of benzene rings is 1. The summed E-state index contributed by atoms with van der Waals surface area (Å²) in [5.41, 5.74) is 0.727. The van der Waals surface area contributed by atoms with Crippen LogP contribution in [0.15, 0.2) is 43.0 Å². The molecule has 0 aliphatic carbocycles. The molecule has 0 saturated heterocycles. The minimum absolute atomic E-state index is 0.160. The number of hydrogen-bond acceptors (Lipinski definition) is 2. The summed E-state index contributed by atoms with van der Waals surface area (Å²) in [7, 11) is 0. The molecule has 2 atom stereocenters. The summed E-state index contributed by atoms with van der Waals surface area (Å²) >= 11 is 0. The summed E-state index contributed by atoms with van der Waals surface area (Å²) in [4.78, 5) is 10.6. The quantitative estimate of drug-likeness (QED) is 0.417. The van der Waals surface area contributed by atoms with E-state index in [1.54, 1.807) is 25.1 Å². The van der Waals surface area contributed by atoms with E-state index in [0.717, 1.165) is 5.56 Å². The first-order valence-electron chi connectivity index (χ1n) is 4.47. The van der Waals surface area contributed by atoms with E-state index in [9.17, 15) is 10.1 Å². The molecular formula is C11H13NO2. The molecule has 0 aliphatic heterocycles. The van der Waals surface area contributed by atoms with Crippen molar-refractivity contribution in [2.24, 2.45) is 5.92 Å². The van der Waals surface area contributed by atoms with Gasteiger partial charge in [-0.15, -0.1) is 6.58 Å². The lowest BCUT2D eigenvalue weighted by Gasteiger charge is -2.13. The van der Waals surface area contributed by atoms with Crippen LogP contribution in [0.4, 0.5) is 0 Å². The van der Waals surface area contributed by atoms with Crippen LogP contribution in [0.5, 0.6) is 0 Å². The van der Waals surface area contributed by atoms with Gasteiger partial charge in [0.25, 0.3) is 0 Å². The van der Waals surface area contributed by atoms with Gasteiger partial charge in [0.05, 0.1) is 0 Å². The Labute approximate surface area is 83.2 Å². The highest BCUT2D eigenvalue weighted by Gasteiger charge is 2.27. The average molecular weight is 191 g/mol. The third-order valence-corrected chi connectivity index (χ3v) is 2.24. The fourth-order valence-electron chi connectivity index (χ4n) is 1.40. The van der Waals surface area contributed by atoms with Crippen LogP contribution in [0.25, 0.3) is 0 Å². The Balaban J connectivity index is 3.00. The fourth-order valence-corrected chi connectivity index (χ4v) is 1.40. The van der Waals surface area contributed by atoms with Crippen LogP contribution in [0, 0.1) is 16.0 Å². The molecular weight excluding hydrogens is 178 g/mol. The van der Waals surface area contributed by atoms with Crippen molar-refractivity contribution in [3.05, 3.63) is 58.7 Å². The zero-order valence-corrected chi connectivity index (χ0v) is 8.09. The van der Waals surface area contributed by atoms with E-state index in [4.69, 9.17) is 0 Å². The first-order chi connectivity index (χ1) is 6.66. The Kier molecular flexibility index (Phi) is 3.40. The number of hydrogen-bond donors (Lipinski definition) is 0. The monoisotopic (exact) mass is 191 g/mol. The van der Waals surface area contributed by atoms with Gasteiger partial charge in [0.2, 0.25) is 6.04 Å². The zero-order valence-electron chi connectivity index (χ0n) is 8.09. The fraction of sp³-hybridized carbons (Fsp3) is 0.273. The van der Waals surface area contributed by atoms with E-state index in [1.165, 1.54) is 0 Å². The molecule has 3 nitrogen and oxygen atoms in total. The van der Waals surface area contributed by atoms with E-state index >= 15 is 0 Å². The summed E-state index contributed by atoms with van der Waals surface area (Å²) in [6.07, 6.45) is 1.61. The van der Waals surface area contributed by atoms with Crippen LogP contribution >= 0.6 is 0 Å². The standard InChI is InChI=1S/C11H13NO2/c1-3-9(2)11(12(13)14)10-7-5-4-6-8-10/h3-9,11H,1H2,2H3. The molecule has 3 heteroatoms. The maximum Gasteiger partial charge on any atom is 0.243 e. The van der Waals surface area contributed by atoms with Gasteiger partial charge in [0.15, 0.2) is 0 Å². The highest BCUT2D eigenvalue weighted by Crippen LogP contribution is 2.25. The van der Waals surface area contributed by atoms with E-state index in [0.29, 0.717) is 0 Å². The molecule has 0 fully saturated rings. The van der Waals surface area contributed by atoms with E-state index in [1.807, 2.05) is 18.2 Å². The van der Waals surface area contributed by atoms with Gasteiger partial charge >= 0.3 is 0 Å². The first-order valence-corrected chi connectivity index (χ1v) is 4.47. The number of nitro groups is 1. The zero-order chi connectivity index (χ0) is 10.6. The Hall–Kier alpha value is -1.64. The van der Waals surface area contributed by atoms with Gasteiger partial charge < -0.3 is 0 Å². The highest BCUT2D eigenvalue weighted by atomic mass is 16.6. The largest absolute Gasteiger partial charge is 0.264 e. The van der Waals surface area contributed by atoms with Crippen LogP contribution in [-0.2, 0) is 0 Å². The molecule has 1 rings (SSSR count). The van der Waals surface area contributed by atoms with Crippen molar-refractivity contribution < 1.29 is 4.92 Å². The number of rotatable bonds is 4. The molecule has 0 bridgehead atoms. The summed E-state index contributed by atoms with van der Waals surface area (Å²) < 4.78 is 0. The van der Waals surface area contributed by atoms with Crippen molar-refractivity contribution in [1.29, 1.82) is 0 Å². The van der Waals surface area contributed by atoms with Crippen molar-refractivity contribution in [2.75, 3.05) is 0 Å². The van der Waals surface area contributed by atoms with Crippen LogP contribution in [0.1, 0.15) is 18.5 Å². The van der Waals surface area contributed by atoms with Gasteiger partial charge in [0.1, 0.15) is 0 Å². The molecule has 2 unspecified atom stereocenters. The molecule has 1 aromatic rings. The molecule has 0 aliphatic rings. The van der Waals surface area contributed by atoms with E-state index < -0.39 is 6.04 Å². The number of nitrogens with zero attached hydrogens (tertiary/aromatic N) is 1. The molecule has 0 aromatic heterocycles. The van der Waals surface area contributed by atoms with Crippen LogP contribution < -0.4 is 0 Å². The second-order valence-corrected chi connectivity index (χ2v) is 3.24. The first kappa shape index (κ1) is 10.4. The topological polar surface area (TPSA) is 43.1 Å². The Morgan fingerprint density at radius 3 is 2.43 bits per heavy atom. The normalized spacial score (nSPS) is 14.4. The van der Waals surface area contributed by atoms with Crippen molar-refractivity contribution in [3.8, 4) is 0 Å². The van der Waals surface area contributed by atoms with Gasteiger partial charge in [-0.1, -0.05) is 43.3 Å². The highest BCUT2D eigenvalue weighted by molar-refractivity contribution is 5.18. The molecule has 74 valence electrons. The van der Waals surface area contributed by atoms with Gasteiger partial charge in [-0.2, -0.15) is 0 Å². The second kappa shape index (κ2) is 4.56. The van der Waals surface area contributed by atoms with Crippen LogP contribution in [0.2, 0.25) is 0 Å². The lowest BCUT2D eigenvalue weighted by atomic mass is 9.95. The second-order valence-electron chi connectivity index (χ2n) is 3.24. The Morgan fingerprint density at radius 2 is 2.00 bits per heavy atom. The van der Waals surface area contributed by atoms with Crippen molar-refractivity contribution in [1.82, 2.24) is 0 Å². The third kappa shape index (κ3) is 2.19. The molecule has 1 aromatic carbocycles. The van der Waals surface area contributed by atoms with Gasteiger partial charge in [-0.05, 0) is 0 Å². The van der Waals surface area contributed by atoms with Crippen LogP contribution in [-0.4, -0.2) is 4.92 Å². The van der Waals surface area contributed by atoms with Crippen molar-refractivity contribution in [2.45, 2.75) is 13.0 Å². The minimum Gasteiger partial charge on any atom is -0.264 e. The molecule has 14 heavy (non-hydrogen) atoms. The lowest BCUT2D eigenvalue weighted by molar-refractivity contribution is -0.535. The summed E-state index contributed by atoms with van der Waals surface area (Å²) in [5, 5.41) is 10.9. The molecule has 0 amide bonds. The molecule has 0 saturated carbocycles. The van der Waals surface area contributed by atoms with E-state index in [-0.39, 0.29) is 10.8 Å². The van der Waals surface area contributed by atoms with Crippen LogP contribution in [0.3, 0.4) is 0 Å². The van der Waals surface area contributed by atoms with Gasteiger partial charge in [-0.3, -0.25) is 10.1 Å². The Morgan fingerprint density at radius 1 is 1.43 bits per heavy atom. The average Bonchev–Trinajstić information content (AvgIpc) is 2.19. The predicted molar refractivity (Wildman–Crippen MR) is 55.5 cm³/mol. The van der Waals surface area contributed by atoms with E-state index in [2.05, 4.69) is 6.58 Å². The molecule has 0 spiro atoms. The SMILES string of the molecule is C=CC(C)C(c1ccccc1)[N+](=O)[O-]. The minimum atomic E-state index is -0.686. The van der Waals surface area contributed by atoms with Crippen molar-refractivity contribution >= 4 is 0 Å².